The molecule has 3 heterocycles. The van der Waals surface area contributed by atoms with Crippen LogP contribution in [0.25, 0.3) is 22.5 Å². The van der Waals surface area contributed by atoms with E-state index in [4.69, 9.17) is 4.98 Å². The highest BCUT2D eigenvalue weighted by atomic mass is 19.4. The predicted octanol–water partition coefficient (Wildman–Crippen LogP) is 6.17. The molecule has 0 spiro atoms. The van der Waals surface area contributed by atoms with Gasteiger partial charge in [-0.25, -0.2) is 4.98 Å². The van der Waals surface area contributed by atoms with Gasteiger partial charge in [0.15, 0.2) is 5.82 Å². The molecule has 44 heavy (non-hydrogen) atoms. The van der Waals surface area contributed by atoms with Gasteiger partial charge in [-0.3, -0.25) is 9.69 Å². The molecule has 1 amide bonds. The first kappa shape index (κ1) is 28.7. The molecule has 4 aromatic rings. The number of amides is 1. The number of halogens is 3. The number of nitrogens with one attached hydrogen (secondary N) is 1. The SMILES string of the molecule is CC(NCC1(O)CCC1)c1cc2c(c(C(F)(F)F)c1)CN(c1cc(-c3ccccc3-c3nncn3C)cc(C3CC3)n1)C2=O. The maximum Gasteiger partial charge on any atom is 0.416 e. The number of aromatic nitrogens is 4. The number of aliphatic hydroxyl groups is 1. The largest absolute Gasteiger partial charge is 0.416 e. The van der Waals surface area contributed by atoms with Crippen molar-refractivity contribution in [1.82, 2.24) is 25.1 Å². The average Bonchev–Trinajstić information content (AvgIpc) is 3.68. The monoisotopic (exact) mass is 602 g/mol. The Morgan fingerprint density at radius 2 is 1.84 bits per heavy atom. The molecule has 7 rings (SSSR count). The van der Waals surface area contributed by atoms with Crippen LogP contribution >= 0.6 is 0 Å². The molecule has 2 saturated carbocycles. The number of carbonyl (C=O) groups is 1. The van der Waals surface area contributed by atoms with Gasteiger partial charge in [0.2, 0.25) is 0 Å². The first-order chi connectivity index (χ1) is 21.0. The van der Waals surface area contributed by atoms with Crippen LogP contribution in [0.2, 0.25) is 0 Å². The van der Waals surface area contributed by atoms with Crippen LogP contribution in [0.4, 0.5) is 19.0 Å². The molecule has 2 aromatic carbocycles. The summed E-state index contributed by atoms with van der Waals surface area (Å²) < 4.78 is 45.1. The standard InChI is InChI=1S/C33H33F3N6O2/c1-19(37-17-32(44)10-5-11-32)21-12-25-26(27(13-21)33(34,35)36)16-42(31(25)43)29-15-22(14-28(39-29)20-8-9-20)23-6-3-4-7-24(23)30-40-38-18-41(30)2/h3-4,6-7,12-15,18-20,37,44H,5,8-11,16-17H2,1-2H3. The number of hydrogen-bond acceptors (Lipinski definition) is 6. The molecule has 3 aliphatic rings. The van der Waals surface area contributed by atoms with Crippen molar-refractivity contribution in [3.63, 3.8) is 0 Å². The lowest BCUT2D eigenvalue weighted by Gasteiger charge is -2.37. The fourth-order valence-corrected chi connectivity index (χ4v) is 6.22. The lowest BCUT2D eigenvalue weighted by molar-refractivity contribution is -0.138. The molecule has 11 heteroatoms. The van der Waals surface area contributed by atoms with Crippen LogP contribution in [0.3, 0.4) is 0 Å². The van der Waals surface area contributed by atoms with Gasteiger partial charge in [0.1, 0.15) is 12.1 Å². The van der Waals surface area contributed by atoms with Crippen LogP contribution in [0.15, 0.2) is 54.9 Å². The third-order valence-electron chi connectivity index (χ3n) is 9.19. The van der Waals surface area contributed by atoms with Gasteiger partial charge in [-0.05, 0) is 85.5 Å². The van der Waals surface area contributed by atoms with Crippen molar-refractivity contribution in [2.45, 2.75) is 69.3 Å². The number of rotatable bonds is 8. The van der Waals surface area contributed by atoms with E-state index in [1.807, 2.05) is 41.9 Å². The Morgan fingerprint density at radius 3 is 2.48 bits per heavy atom. The molecule has 0 bridgehead atoms. The summed E-state index contributed by atoms with van der Waals surface area (Å²) in [5.41, 5.74) is 2.03. The molecule has 2 aromatic heterocycles. The molecule has 228 valence electrons. The quantitative estimate of drug-likeness (QED) is 0.251. The molecule has 2 aliphatic carbocycles. The number of aryl methyl sites for hydroxylation is 1. The number of nitrogens with zero attached hydrogens (tertiary/aromatic N) is 5. The molecule has 1 atom stereocenters. The van der Waals surface area contributed by atoms with Crippen molar-refractivity contribution < 1.29 is 23.1 Å². The third-order valence-corrected chi connectivity index (χ3v) is 9.19. The normalized spacial score (nSPS) is 18.3. The summed E-state index contributed by atoms with van der Waals surface area (Å²) in [5.74, 6) is 0.730. The Bertz CT molecular complexity index is 1760. The Morgan fingerprint density at radius 1 is 1.09 bits per heavy atom. The van der Waals surface area contributed by atoms with E-state index in [0.29, 0.717) is 30.0 Å². The van der Waals surface area contributed by atoms with Gasteiger partial charge in [0, 0.05) is 42.4 Å². The molecular weight excluding hydrogens is 569 g/mol. The van der Waals surface area contributed by atoms with Gasteiger partial charge in [-0.2, -0.15) is 13.2 Å². The smallest absolute Gasteiger partial charge is 0.389 e. The zero-order valence-electron chi connectivity index (χ0n) is 24.5. The summed E-state index contributed by atoms with van der Waals surface area (Å²) in [6.07, 6.45) is 1.17. The minimum absolute atomic E-state index is 0.0329. The fourth-order valence-electron chi connectivity index (χ4n) is 6.22. The molecule has 1 aliphatic heterocycles. The number of fused-ring (bicyclic) bond motifs is 1. The molecule has 2 N–H and O–H groups in total. The maximum atomic E-state index is 14.4. The van der Waals surface area contributed by atoms with E-state index in [1.165, 1.54) is 4.90 Å². The molecular formula is C33H33F3N6O2. The zero-order chi connectivity index (χ0) is 30.8. The van der Waals surface area contributed by atoms with Gasteiger partial charge in [-0.1, -0.05) is 24.3 Å². The fraction of sp³-hybridized carbons (Fsp3) is 0.394. The summed E-state index contributed by atoms with van der Waals surface area (Å²) in [6.45, 7) is 1.81. The summed E-state index contributed by atoms with van der Waals surface area (Å²) in [7, 11) is 1.86. The van der Waals surface area contributed by atoms with E-state index in [9.17, 15) is 23.1 Å². The van der Waals surface area contributed by atoms with Gasteiger partial charge in [-0.15, -0.1) is 10.2 Å². The van der Waals surface area contributed by atoms with E-state index in [-0.39, 0.29) is 30.1 Å². The topological polar surface area (TPSA) is 96.2 Å². The van der Waals surface area contributed by atoms with Gasteiger partial charge < -0.3 is 15.0 Å². The minimum atomic E-state index is -4.65. The number of benzene rings is 2. The summed E-state index contributed by atoms with van der Waals surface area (Å²) in [6, 6.07) is 13.7. The Balaban J connectivity index is 1.27. The first-order valence-corrected chi connectivity index (χ1v) is 15.0. The van der Waals surface area contributed by atoms with Gasteiger partial charge in [0.25, 0.3) is 5.91 Å². The van der Waals surface area contributed by atoms with Crippen molar-refractivity contribution in [2.75, 3.05) is 11.4 Å². The predicted molar refractivity (Wildman–Crippen MR) is 159 cm³/mol. The van der Waals surface area contributed by atoms with Crippen molar-refractivity contribution >= 4 is 11.7 Å². The number of pyridine rings is 1. The summed E-state index contributed by atoms with van der Waals surface area (Å²) in [5, 5.41) is 22.0. The van der Waals surface area contributed by atoms with Crippen molar-refractivity contribution in [3.8, 4) is 22.5 Å². The number of anilines is 1. The lowest BCUT2D eigenvalue weighted by atomic mass is 9.80. The van der Waals surface area contributed by atoms with E-state index < -0.39 is 29.3 Å². The molecule has 0 saturated heterocycles. The highest BCUT2D eigenvalue weighted by Crippen LogP contribution is 2.44. The van der Waals surface area contributed by atoms with Crippen molar-refractivity contribution in [2.24, 2.45) is 7.05 Å². The van der Waals surface area contributed by atoms with E-state index in [2.05, 4.69) is 15.5 Å². The second-order valence-corrected chi connectivity index (χ2v) is 12.4. The van der Waals surface area contributed by atoms with Crippen LogP contribution < -0.4 is 10.2 Å². The number of hydrogen-bond donors (Lipinski definition) is 2. The van der Waals surface area contributed by atoms with Gasteiger partial charge in [0.05, 0.1) is 17.7 Å². The van der Waals surface area contributed by atoms with Crippen LogP contribution in [0.5, 0.6) is 0 Å². The molecule has 8 nitrogen and oxygen atoms in total. The van der Waals surface area contributed by atoms with Crippen LogP contribution in [-0.2, 0) is 19.8 Å². The van der Waals surface area contributed by atoms with Crippen molar-refractivity contribution in [1.29, 1.82) is 0 Å². The second-order valence-electron chi connectivity index (χ2n) is 12.4. The number of carbonyl (C=O) groups excluding carboxylic acids is 1. The highest BCUT2D eigenvalue weighted by molar-refractivity contribution is 6.10. The van der Waals surface area contributed by atoms with Crippen LogP contribution in [-0.4, -0.2) is 42.9 Å². The van der Waals surface area contributed by atoms with Crippen LogP contribution in [0.1, 0.15) is 83.7 Å². The molecule has 1 unspecified atom stereocenters. The maximum absolute atomic E-state index is 14.4. The molecule has 2 fully saturated rings. The minimum Gasteiger partial charge on any atom is -0.389 e. The van der Waals surface area contributed by atoms with Crippen molar-refractivity contribution in [3.05, 3.63) is 82.8 Å². The highest BCUT2D eigenvalue weighted by Gasteiger charge is 2.42. The second kappa shape index (κ2) is 10.5. The van der Waals surface area contributed by atoms with Gasteiger partial charge >= 0.3 is 6.18 Å². The van der Waals surface area contributed by atoms with Crippen LogP contribution in [0, 0.1) is 0 Å². The zero-order valence-corrected chi connectivity index (χ0v) is 24.5. The lowest BCUT2D eigenvalue weighted by Crippen LogP contribution is -2.46. The summed E-state index contributed by atoms with van der Waals surface area (Å²) in [4.78, 5) is 20.1. The number of alkyl halides is 3. The Labute approximate surface area is 253 Å². The third kappa shape index (κ3) is 5.17. The van der Waals surface area contributed by atoms with E-state index in [1.54, 1.807) is 25.4 Å². The van der Waals surface area contributed by atoms with E-state index >= 15 is 0 Å². The van der Waals surface area contributed by atoms with E-state index in [0.717, 1.165) is 47.7 Å². The first-order valence-electron chi connectivity index (χ1n) is 15.0. The average molecular weight is 603 g/mol. The summed E-state index contributed by atoms with van der Waals surface area (Å²) >= 11 is 0. The Kier molecular flexibility index (Phi) is 6.85. The molecule has 0 radical (unpaired) electrons. The Hall–Kier alpha value is -4.09.